The van der Waals surface area contributed by atoms with Crippen LogP contribution in [0.2, 0.25) is 0 Å². The van der Waals surface area contributed by atoms with Gasteiger partial charge in [0.2, 0.25) is 5.82 Å². The van der Waals surface area contributed by atoms with Gasteiger partial charge in [0.15, 0.2) is 0 Å². The first-order valence-corrected chi connectivity index (χ1v) is 7.43. The number of aryl methyl sites for hydroxylation is 2. The zero-order valence-electron chi connectivity index (χ0n) is 13.8. The number of benzene rings is 1. The summed E-state index contributed by atoms with van der Waals surface area (Å²) in [6, 6.07) is 5.93. The van der Waals surface area contributed by atoms with Gasteiger partial charge in [0.1, 0.15) is 11.5 Å². The number of nitrogens with one attached hydrogen (secondary N) is 1. The van der Waals surface area contributed by atoms with Crippen molar-refractivity contribution in [3.8, 4) is 11.5 Å². The summed E-state index contributed by atoms with van der Waals surface area (Å²) in [6.07, 6.45) is 0. The SMILES string of the molecule is C/C(=N\NC(=O)c1nc2nc(C)cc(C)n2n1)c1ccc(O)cc1O. The van der Waals surface area contributed by atoms with Crippen LogP contribution in [0.1, 0.15) is 34.5 Å². The standard InChI is InChI=1S/C16H16N6O3/c1-8-6-9(2)22-16(17-8)18-14(21-22)15(25)20-19-10(3)12-5-4-11(23)7-13(12)24/h4-7,23-24H,1-3H3,(H,20,25)/b19-10+. The fourth-order valence-corrected chi connectivity index (χ4v) is 2.33. The van der Waals surface area contributed by atoms with Crippen LogP contribution in [0, 0.1) is 13.8 Å². The van der Waals surface area contributed by atoms with Crippen molar-refractivity contribution in [2.45, 2.75) is 20.8 Å². The monoisotopic (exact) mass is 340 g/mol. The van der Waals surface area contributed by atoms with Crippen LogP contribution in [0.3, 0.4) is 0 Å². The summed E-state index contributed by atoms with van der Waals surface area (Å²) >= 11 is 0. The number of phenolic OH excluding ortho intramolecular Hbond substituents is 2. The molecular formula is C16H16N6O3. The Morgan fingerprint density at radius 1 is 1.20 bits per heavy atom. The van der Waals surface area contributed by atoms with Gasteiger partial charge in [-0.1, -0.05) is 0 Å². The second kappa shape index (κ2) is 6.19. The van der Waals surface area contributed by atoms with E-state index in [0.29, 0.717) is 17.1 Å². The largest absolute Gasteiger partial charge is 0.508 e. The van der Waals surface area contributed by atoms with Crippen molar-refractivity contribution in [3.63, 3.8) is 0 Å². The number of amides is 1. The molecule has 0 aliphatic carbocycles. The summed E-state index contributed by atoms with van der Waals surface area (Å²) in [7, 11) is 0. The molecule has 0 unspecified atom stereocenters. The summed E-state index contributed by atoms with van der Waals surface area (Å²) in [6.45, 7) is 5.28. The lowest BCUT2D eigenvalue weighted by molar-refractivity contribution is 0.0944. The van der Waals surface area contributed by atoms with Crippen LogP contribution in [-0.2, 0) is 0 Å². The first-order chi connectivity index (χ1) is 11.8. The fourth-order valence-electron chi connectivity index (χ4n) is 2.33. The molecule has 0 saturated heterocycles. The molecule has 1 aromatic carbocycles. The Hall–Kier alpha value is -3.49. The average molecular weight is 340 g/mol. The van der Waals surface area contributed by atoms with E-state index >= 15 is 0 Å². The molecule has 9 nitrogen and oxygen atoms in total. The Bertz CT molecular complexity index is 1010. The van der Waals surface area contributed by atoms with E-state index in [2.05, 4.69) is 25.6 Å². The third kappa shape index (κ3) is 3.25. The zero-order chi connectivity index (χ0) is 18.1. The number of rotatable bonds is 3. The molecule has 2 aromatic heterocycles. The summed E-state index contributed by atoms with van der Waals surface area (Å²) in [5.74, 6) is -0.533. The van der Waals surface area contributed by atoms with Crippen LogP contribution in [-0.4, -0.2) is 41.4 Å². The Labute approximate surface area is 142 Å². The number of hydrazone groups is 1. The molecule has 25 heavy (non-hydrogen) atoms. The van der Waals surface area contributed by atoms with Crippen LogP contribution >= 0.6 is 0 Å². The highest BCUT2D eigenvalue weighted by molar-refractivity contribution is 6.02. The fraction of sp³-hybridized carbons (Fsp3) is 0.188. The van der Waals surface area contributed by atoms with E-state index in [9.17, 15) is 15.0 Å². The van der Waals surface area contributed by atoms with Gasteiger partial charge < -0.3 is 10.2 Å². The van der Waals surface area contributed by atoms with E-state index in [1.165, 1.54) is 22.7 Å². The third-order valence-electron chi connectivity index (χ3n) is 3.52. The van der Waals surface area contributed by atoms with Crippen molar-refractivity contribution in [1.82, 2.24) is 25.0 Å². The van der Waals surface area contributed by atoms with Gasteiger partial charge in [0, 0.05) is 23.0 Å². The highest BCUT2D eigenvalue weighted by atomic mass is 16.3. The van der Waals surface area contributed by atoms with Crippen molar-refractivity contribution in [1.29, 1.82) is 0 Å². The number of carbonyl (C=O) groups is 1. The first kappa shape index (κ1) is 16.4. The molecule has 0 saturated carbocycles. The summed E-state index contributed by atoms with van der Waals surface area (Å²) in [5, 5.41) is 27.2. The van der Waals surface area contributed by atoms with E-state index in [4.69, 9.17) is 0 Å². The van der Waals surface area contributed by atoms with Gasteiger partial charge in [-0.05, 0) is 39.0 Å². The number of aromatic nitrogens is 4. The van der Waals surface area contributed by atoms with Crippen LogP contribution in [0.4, 0.5) is 0 Å². The van der Waals surface area contributed by atoms with E-state index in [-0.39, 0.29) is 17.3 Å². The lowest BCUT2D eigenvalue weighted by Crippen LogP contribution is -2.21. The van der Waals surface area contributed by atoms with Crippen LogP contribution in [0.5, 0.6) is 11.5 Å². The van der Waals surface area contributed by atoms with Gasteiger partial charge in [0.05, 0.1) is 5.71 Å². The molecule has 1 amide bonds. The molecule has 0 bridgehead atoms. The molecule has 0 radical (unpaired) electrons. The number of nitrogens with zero attached hydrogens (tertiary/aromatic N) is 5. The molecule has 0 fully saturated rings. The molecule has 0 atom stereocenters. The van der Waals surface area contributed by atoms with Crippen molar-refractivity contribution < 1.29 is 15.0 Å². The second-order valence-electron chi connectivity index (χ2n) is 5.53. The predicted octanol–water partition coefficient (Wildman–Crippen LogP) is 1.31. The number of hydrogen-bond acceptors (Lipinski definition) is 7. The molecule has 0 aliphatic rings. The molecule has 9 heteroatoms. The van der Waals surface area contributed by atoms with Gasteiger partial charge in [-0.25, -0.2) is 14.9 Å². The zero-order valence-corrected chi connectivity index (χ0v) is 13.8. The minimum atomic E-state index is -0.597. The van der Waals surface area contributed by atoms with E-state index in [1.54, 1.807) is 6.92 Å². The van der Waals surface area contributed by atoms with Gasteiger partial charge in [-0.2, -0.15) is 10.1 Å². The lowest BCUT2D eigenvalue weighted by atomic mass is 10.1. The number of hydrogen-bond donors (Lipinski definition) is 3. The van der Waals surface area contributed by atoms with E-state index in [1.807, 2.05) is 19.9 Å². The molecular weight excluding hydrogens is 324 g/mol. The summed E-state index contributed by atoms with van der Waals surface area (Å²) < 4.78 is 1.48. The first-order valence-electron chi connectivity index (χ1n) is 7.43. The Morgan fingerprint density at radius 2 is 1.96 bits per heavy atom. The maximum absolute atomic E-state index is 12.2. The minimum absolute atomic E-state index is 0.0623. The molecule has 0 aliphatic heterocycles. The maximum atomic E-state index is 12.2. The summed E-state index contributed by atoms with van der Waals surface area (Å²) in [4.78, 5) is 20.5. The smallest absolute Gasteiger partial charge is 0.311 e. The molecule has 3 aromatic rings. The minimum Gasteiger partial charge on any atom is -0.508 e. The number of aromatic hydroxyl groups is 2. The highest BCUT2D eigenvalue weighted by Crippen LogP contribution is 2.22. The average Bonchev–Trinajstić information content (AvgIpc) is 2.96. The van der Waals surface area contributed by atoms with Gasteiger partial charge in [-0.15, -0.1) is 5.10 Å². The lowest BCUT2D eigenvalue weighted by Gasteiger charge is -2.04. The van der Waals surface area contributed by atoms with E-state index in [0.717, 1.165) is 11.4 Å². The third-order valence-corrected chi connectivity index (χ3v) is 3.52. The molecule has 3 N–H and O–H groups in total. The van der Waals surface area contributed by atoms with E-state index < -0.39 is 5.91 Å². The van der Waals surface area contributed by atoms with Gasteiger partial charge >= 0.3 is 5.91 Å². The second-order valence-corrected chi connectivity index (χ2v) is 5.53. The summed E-state index contributed by atoms with van der Waals surface area (Å²) in [5.41, 5.74) is 4.67. The normalized spacial score (nSPS) is 11.7. The Morgan fingerprint density at radius 3 is 2.68 bits per heavy atom. The van der Waals surface area contributed by atoms with Crippen LogP contribution < -0.4 is 5.43 Å². The molecule has 3 rings (SSSR count). The topological polar surface area (TPSA) is 125 Å². The van der Waals surface area contributed by atoms with Gasteiger partial charge in [0.25, 0.3) is 5.78 Å². The van der Waals surface area contributed by atoms with Crippen molar-refractivity contribution in [3.05, 3.63) is 47.0 Å². The quantitative estimate of drug-likeness (QED) is 0.487. The predicted molar refractivity (Wildman–Crippen MR) is 89.7 cm³/mol. The van der Waals surface area contributed by atoms with Crippen LogP contribution in [0.25, 0.3) is 5.78 Å². The molecule has 128 valence electrons. The number of carbonyl (C=O) groups excluding carboxylic acids is 1. The Kier molecular flexibility index (Phi) is 4.05. The number of phenols is 2. The van der Waals surface area contributed by atoms with Crippen molar-refractivity contribution >= 4 is 17.4 Å². The van der Waals surface area contributed by atoms with Crippen molar-refractivity contribution in [2.24, 2.45) is 5.10 Å². The van der Waals surface area contributed by atoms with Gasteiger partial charge in [-0.3, -0.25) is 4.79 Å². The van der Waals surface area contributed by atoms with Crippen molar-refractivity contribution in [2.75, 3.05) is 0 Å². The maximum Gasteiger partial charge on any atom is 0.311 e. The molecule has 2 heterocycles. The van der Waals surface area contributed by atoms with Crippen LogP contribution in [0.15, 0.2) is 29.4 Å². The highest BCUT2D eigenvalue weighted by Gasteiger charge is 2.15. The molecule has 0 spiro atoms. The number of fused-ring (bicyclic) bond motifs is 1. The Balaban J connectivity index is 1.83.